The molecule has 0 saturated carbocycles. The minimum Gasteiger partial charge on any atom is -0.396 e. The summed E-state index contributed by atoms with van der Waals surface area (Å²) >= 11 is 0. The molecule has 0 saturated heterocycles. The van der Waals surface area contributed by atoms with E-state index in [9.17, 15) is 18.0 Å². The average molecular weight is 264 g/mol. The van der Waals surface area contributed by atoms with E-state index in [2.05, 4.69) is 10.2 Å². The van der Waals surface area contributed by atoms with E-state index < -0.39 is 18.6 Å². The van der Waals surface area contributed by atoms with Gasteiger partial charge in [-0.3, -0.25) is 9.89 Å². The van der Waals surface area contributed by atoms with Crippen molar-refractivity contribution in [2.45, 2.75) is 20.0 Å². The molecule has 1 aromatic heterocycles. The maximum Gasteiger partial charge on any atom is 0.406 e. The maximum absolute atomic E-state index is 12.4. The van der Waals surface area contributed by atoms with Crippen LogP contribution in [0.15, 0.2) is 6.20 Å². The van der Waals surface area contributed by atoms with Gasteiger partial charge >= 0.3 is 6.18 Å². The van der Waals surface area contributed by atoms with Gasteiger partial charge in [0.1, 0.15) is 12.2 Å². The van der Waals surface area contributed by atoms with Crippen LogP contribution >= 0.6 is 0 Å². The Morgan fingerprint density at radius 2 is 2.17 bits per heavy atom. The molecule has 3 N–H and O–H groups in total. The number of aromatic amines is 1. The first-order valence-electron chi connectivity index (χ1n) is 5.35. The highest BCUT2D eigenvalue weighted by atomic mass is 19.4. The first-order valence-corrected chi connectivity index (χ1v) is 5.35. The smallest absolute Gasteiger partial charge is 0.396 e. The third kappa shape index (κ3) is 3.94. The number of rotatable bonds is 4. The number of aromatic nitrogens is 2. The van der Waals surface area contributed by atoms with Crippen molar-refractivity contribution >= 4 is 11.6 Å². The SMILES string of the molecule is CC(C)CN(CC(F)(F)F)C(=O)c1[nH]ncc1N. The third-order valence-electron chi connectivity index (χ3n) is 2.13. The maximum atomic E-state index is 12.4. The van der Waals surface area contributed by atoms with Crippen LogP contribution in [0.25, 0.3) is 0 Å². The topological polar surface area (TPSA) is 75.0 Å². The fourth-order valence-corrected chi connectivity index (χ4v) is 1.50. The number of anilines is 1. The second-order valence-corrected chi connectivity index (χ2v) is 4.40. The van der Waals surface area contributed by atoms with Crippen molar-refractivity contribution in [2.24, 2.45) is 5.92 Å². The van der Waals surface area contributed by atoms with E-state index in [0.717, 1.165) is 0 Å². The van der Waals surface area contributed by atoms with Gasteiger partial charge in [-0.05, 0) is 5.92 Å². The number of nitrogens with one attached hydrogen (secondary N) is 1. The van der Waals surface area contributed by atoms with E-state index in [1.54, 1.807) is 13.8 Å². The molecule has 0 spiro atoms. The molecule has 0 atom stereocenters. The highest BCUT2D eigenvalue weighted by Gasteiger charge is 2.34. The van der Waals surface area contributed by atoms with Crippen molar-refractivity contribution in [1.82, 2.24) is 15.1 Å². The summed E-state index contributed by atoms with van der Waals surface area (Å²) in [5, 5.41) is 5.83. The van der Waals surface area contributed by atoms with Crippen LogP contribution < -0.4 is 5.73 Å². The Morgan fingerprint density at radius 1 is 1.56 bits per heavy atom. The number of nitrogen functional groups attached to an aromatic ring is 1. The lowest BCUT2D eigenvalue weighted by molar-refractivity contribution is -0.141. The minimum atomic E-state index is -4.45. The molecule has 0 radical (unpaired) electrons. The molecule has 0 fully saturated rings. The van der Waals surface area contributed by atoms with Crippen LogP contribution in [0, 0.1) is 5.92 Å². The lowest BCUT2D eigenvalue weighted by atomic mass is 10.2. The highest BCUT2D eigenvalue weighted by Crippen LogP contribution is 2.20. The quantitative estimate of drug-likeness (QED) is 0.868. The molecule has 1 amide bonds. The largest absolute Gasteiger partial charge is 0.406 e. The average Bonchev–Trinajstić information content (AvgIpc) is 2.59. The van der Waals surface area contributed by atoms with Gasteiger partial charge in [0.15, 0.2) is 0 Å². The molecule has 8 heteroatoms. The summed E-state index contributed by atoms with van der Waals surface area (Å²) in [5.41, 5.74) is 5.38. The number of H-pyrrole nitrogens is 1. The number of nitrogens with zero attached hydrogens (tertiary/aromatic N) is 2. The van der Waals surface area contributed by atoms with E-state index in [0.29, 0.717) is 4.90 Å². The first-order chi connectivity index (χ1) is 8.20. The summed E-state index contributed by atoms with van der Waals surface area (Å²) in [7, 11) is 0. The van der Waals surface area contributed by atoms with Gasteiger partial charge in [-0.2, -0.15) is 18.3 Å². The lowest BCUT2D eigenvalue weighted by Gasteiger charge is -2.25. The molecule has 0 unspecified atom stereocenters. The number of halogens is 3. The van der Waals surface area contributed by atoms with Gasteiger partial charge in [0.2, 0.25) is 0 Å². The van der Waals surface area contributed by atoms with Gasteiger partial charge in [-0.1, -0.05) is 13.8 Å². The molecule has 0 aliphatic rings. The fraction of sp³-hybridized carbons (Fsp3) is 0.600. The zero-order chi connectivity index (χ0) is 13.9. The zero-order valence-electron chi connectivity index (χ0n) is 10.1. The summed E-state index contributed by atoms with van der Waals surface area (Å²) in [5.74, 6) is -0.878. The number of carbonyl (C=O) groups is 1. The Balaban J connectivity index is 2.89. The molecule has 18 heavy (non-hydrogen) atoms. The molecular formula is C10H15F3N4O. The summed E-state index contributed by atoms with van der Waals surface area (Å²) in [6.45, 7) is 2.15. The van der Waals surface area contributed by atoms with E-state index in [1.165, 1.54) is 6.20 Å². The first kappa shape index (κ1) is 14.3. The van der Waals surface area contributed by atoms with Crippen molar-refractivity contribution in [3.05, 3.63) is 11.9 Å². The van der Waals surface area contributed by atoms with Gasteiger partial charge in [-0.15, -0.1) is 0 Å². The number of alkyl halides is 3. The van der Waals surface area contributed by atoms with Crippen LogP contribution in [0.3, 0.4) is 0 Å². The minimum absolute atomic E-state index is 0.00317. The van der Waals surface area contributed by atoms with Crippen molar-refractivity contribution in [1.29, 1.82) is 0 Å². The molecule has 0 aliphatic heterocycles. The summed E-state index contributed by atoms with van der Waals surface area (Å²) < 4.78 is 37.2. The lowest BCUT2D eigenvalue weighted by Crippen LogP contribution is -2.41. The van der Waals surface area contributed by atoms with Gasteiger partial charge in [-0.25, -0.2) is 0 Å². The number of hydrogen-bond acceptors (Lipinski definition) is 3. The van der Waals surface area contributed by atoms with Crippen LogP contribution in [0.4, 0.5) is 18.9 Å². The van der Waals surface area contributed by atoms with Crippen molar-refractivity contribution in [3.63, 3.8) is 0 Å². The van der Waals surface area contributed by atoms with Crippen LogP contribution in [0.2, 0.25) is 0 Å². The number of hydrogen-bond donors (Lipinski definition) is 2. The van der Waals surface area contributed by atoms with E-state index in [1.807, 2.05) is 0 Å². The monoisotopic (exact) mass is 264 g/mol. The van der Waals surface area contributed by atoms with Gasteiger partial charge in [0, 0.05) is 6.54 Å². The van der Waals surface area contributed by atoms with Crippen LogP contribution in [-0.4, -0.2) is 40.3 Å². The van der Waals surface area contributed by atoms with Crippen LogP contribution in [-0.2, 0) is 0 Å². The van der Waals surface area contributed by atoms with Crippen LogP contribution in [0.1, 0.15) is 24.3 Å². The molecule has 1 heterocycles. The Labute approximate surface area is 102 Å². The summed E-state index contributed by atoms with van der Waals surface area (Å²) in [6, 6.07) is 0. The van der Waals surface area contributed by atoms with E-state index in [4.69, 9.17) is 5.73 Å². The fourth-order valence-electron chi connectivity index (χ4n) is 1.50. The van der Waals surface area contributed by atoms with Crippen molar-refractivity contribution in [3.8, 4) is 0 Å². The normalized spacial score (nSPS) is 11.9. The number of amides is 1. The molecule has 1 rings (SSSR count). The van der Waals surface area contributed by atoms with Gasteiger partial charge in [0.25, 0.3) is 5.91 Å². The predicted octanol–water partition coefficient (Wildman–Crippen LogP) is 1.65. The second-order valence-electron chi connectivity index (χ2n) is 4.40. The molecule has 1 aromatic rings. The summed E-state index contributed by atoms with van der Waals surface area (Å²) in [6.07, 6.45) is -3.26. The highest BCUT2D eigenvalue weighted by molar-refractivity contribution is 5.97. The zero-order valence-corrected chi connectivity index (χ0v) is 10.1. The Kier molecular flexibility index (Phi) is 4.20. The Bertz CT molecular complexity index is 414. The number of nitrogens with two attached hydrogens (primary N) is 1. The Morgan fingerprint density at radius 3 is 2.56 bits per heavy atom. The summed E-state index contributed by atoms with van der Waals surface area (Å²) in [4.78, 5) is 12.6. The predicted molar refractivity (Wildman–Crippen MR) is 59.8 cm³/mol. The molecule has 0 bridgehead atoms. The van der Waals surface area contributed by atoms with E-state index in [-0.39, 0.29) is 23.8 Å². The standard InChI is InChI=1S/C10H15F3N4O/c1-6(2)4-17(5-10(11,12)13)9(18)8-7(14)3-15-16-8/h3,6H,4-5,14H2,1-2H3,(H,15,16). The van der Waals surface area contributed by atoms with Gasteiger partial charge < -0.3 is 10.6 Å². The molecule has 5 nitrogen and oxygen atoms in total. The molecule has 102 valence electrons. The van der Waals surface area contributed by atoms with Crippen molar-refractivity contribution < 1.29 is 18.0 Å². The van der Waals surface area contributed by atoms with E-state index >= 15 is 0 Å². The molecule has 0 aromatic carbocycles. The third-order valence-corrected chi connectivity index (χ3v) is 2.13. The number of carbonyl (C=O) groups excluding carboxylic acids is 1. The van der Waals surface area contributed by atoms with Crippen molar-refractivity contribution in [2.75, 3.05) is 18.8 Å². The van der Waals surface area contributed by atoms with Crippen LogP contribution in [0.5, 0.6) is 0 Å². The second kappa shape index (κ2) is 5.28. The van der Waals surface area contributed by atoms with Gasteiger partial charge in [0.05, 0.1) is 11.9 Å². The molecular weight excluding hydrogens is 249 g/mol. The Hall–Kier alpha value is -1.73. The molecule has 0 aliphatic carbocycles.